The Kier molecular flexibility index (Phi) is 5.43. The van der Waals surface area contributed by atoms with Crippen molar-refractivity contribution in [2.24, 2.45) is 5.92 Å². The van der Waals surface area contributed by atoms with E-state index >= 15 is 0 Å². The van der Waals surface area contributed by atoms with Crippen molar-refractivity contribution in [1.82, 2.24) is 4.98 Å². The first-order valence-electron chi connectivity index (χ1n) is 10.7. The molecule has 1 saturated heterocycles. The maximum absolute atomic E-state index is 13.0. The fourth-order valence-electron chi connectivity index (χ4n) is 4.18. The Morgan fingerprint density at radius 2 is 1.74 bits per heavy atom. The molecule has 5 heteroatoms. The summed E-state index contributed by atoms with van der Waals surface area (Å²) in [6, 6.07) is 24.6. The summed E-state index contributed by atoms with van der Waals surface area (Å²) >= 11 is 1.74. The van der Waals surface area contributed by atoms with Gasteiger partial charge in [0.1, 0.15) is 0 Å². The minimum atomic E-state index is 0.0247. The van der Waals surface area contributed by atoms with Gasteiger partial charge in [-0.05, 0) is 49.1 Å². The summed E-state index contributed by atoms with van der Waals surface area (Å²) < 4.78 is 1.23. The molecule has 5 rings (SSSR count). The Morgan fingerprint density at radius 3 is 2.55 bits per heavy atom. The number of carbonyl (C=O) groups is 1. The number of hydrogen-bond acceptors (Lipinski definition) is 4. The lowest BCUT2D eigenvalue weighted by Crippen LogP contribution is -2.38. The molecule has 1 N–H and O–H groups in total. The third-order valence-corrected chi connectivity index (χ3v) is 7.02. The SMILES string of the molecule is Cc1ccc2nc(N3CCC(C(=O)Nc4ccccc4-c4ccccc4)CC3)sc2c1. The summed E-state index contributed by atoms with van der Waals surface area (Å²) in [4.78, 5) is 20.2. The smallest absolute Gasteiger partial charge is 0.227 e. The highest BCUT2D eigenvalue weighted by Gasteiger charge is 2.27. The fourth-order valence-corrected chi connectivity index (χ4v) is 5.30. The van der Waals surface area contributed by atoms with E-state index in [1.54, 1.807) is 11.3 Å². The van der Waals surface area contributed by atoms with Crippen LogP contribution in [0.1, 0.15) is 18.4 Å². The summed E-state index contributed by atoms with van der Waals surface area (Å²) in [6.07, 6.45) is 1.68. The Hall–Kier alpha value is -3.18. The van der Waals surface area contributed by atoms with Gasteiger partial charge in [-0.2, -0.15) is 0 Å². The van der Waals surface area contributed by atoms with Crippen LogP contribution in [-0.4, -0.2) is 24.0 Å². The van der Waals surface area contributed by atoms with Crippen molar-refractivity contribution in [3.05, 3.63) is 78.4 Å². The molecule has 0 spiro atoms. The highest BCUT2D eigenvalue weighted by atomic mass is 32.1. The van der Waals surface area contributed by atoms with Crippen molar-refractivity contribution in [3.63, 3.8) is 0 Å². The second-order valence-electron chi connectivity index (χ2n) is 8.13. The lowest BCUT2D eigenvalue weighted by molar-refractivity contribution is -0.120. The van der Waals surface area contributed by atoms with E-state index in [0.29, 0.717) is 0 Å². The summed E-state index contributed by atoms with van der Waals surface area (Å²) in [5.41, 5.74) is 5.36. The maximum Gasteiger partial charge on any atom is 0.227 e. The molecule has 1 aliphatic heterocycles. The topological polar surface area (TPSA) is 45.2 Å². The minimum absolute atomic E-state index is 0.0247. The molecule has 0 unspecified atom stereocenters. The van der Waals surface area contributed by atoms with Crippen LogP contribution >= 0.6 is 11.3 Å². The Morgan fingerprint density at radius 1 is 1.00 bits per heavy atom. The number of nitrogens with zero attached hydrogens (tertiary/aromatic N) is 2. The van der Waals surface area contributed by atoms with Crippen molar-refractivity contribution in [3.8, 4) is 11.1 Å². The first-order chi connectivity index (χ1) is 15.2. The summed E-state index contributed by atoms with van der Waals surface area (Å²) in [5, 5.41) is 4.25. The quantitative estimate of drug-likeness (QED) is 0.426. The van der Waals surface area contributed by atoms with E-state index in [4.69, 9.17) is 4.98 Å². The number of anilines is 2. The van der Waals surface area contributed by atoms with Crippen LogP contribution in [0.4, 0.5) is 10.8 Å². The van der Waals surface area contributed by atoms with Crippen molar-refractivity contribution < 1.29 is 4.79 Å². The van der Waals surface area contributed by atoms with Gasteiger partial charge in [-0.1, -0.05) is 65.9 Å². The van der Waals surface area contributed by atoms with Crippen LogP contribution in [0, 0.1) is 12.8 Å². The van der Waals surface area contributed by atoms with Crippen LogP contribution in [0.5, 0.6) is 0 Å². The van der Waals surface area contributed by atoms with Gasteiger partial charge in [0.15, 0.2) is 5.13 Å². The number of piperidine rings is 1. The van der Waals surface area contributed by atoms with E-state index in [2.05, 4.69) is 53.5 Å². The van der Waals surface area contributed by atoms with Crippen LogP contribution in [0.25, 0.3) is 21.3 Å². The number of aromatic nitrogens is 1. The molecule has 0 bridgehead atoms. The van der Waals surface area contributed by atoms with Crippen LogP contribution in [0.3, 0.4) is 0 Å². The number of aryl methyl sites for hydroxylation is 1. The number of hydrogen-bond donors (Lipinski definition) is 1. The zero-order valence-corrected chi connectivity index (χ0v) is 18.4. The lowest BCUT2D eigenvalue weighted by atomic mass is 9.95. The lowest BCUT2D eigenvalue weighted by Gasteiger charge is -2.31. The van der Waals surface area contributed by atoms with Crippen LogP contribution in [0.15, 0.2) is 72.8 Å². The zero-order valence-electron chi connectivity index (χ0n) is 17.5. The van der Waals surface area contributed by atoms with E-state index < -0.39 is 0 Å². The molecule has 3 aromatic carbocycles. The Bertz CT molecular complexity index is 1210. The fraction of sp³-hybridized carbons (Fsp3) is 0.231. The normalized spacial score (nSPS) is 14.7. The van der Waals surface area contributed by atoms with Crippen molar-refractivity contribution in [1.29, 1.82) is 0 Å². The van der Waals surface area contributed by atoms with E-state index in [9.17, 15) is 4.79 Å². The summed E-state index contributed by atoms with van der Waals surface area (Å²) in [7, 11) is 0. The maximum atomic E-state index is 13.0. The number of nitrogens with one attached hydrogen (secondary N) is 1. The van der Waals surface area contributed by atoms with Crippen molar-refractivity contribution in [2.45, 2.75) is 19.8 Å². The predicted octanol–water partition coefficient (Wildman–Crippen LogP) is 6.13. The van der Waals surface area contributed by atoms with Gasteiger partial charge in [0.25, 0.3) is 0 Å². The molecule has 31 heavy (non-hydrogen) atoms. The van der Waals surface area contributed by atoms with E-state index in [1.807, 2.05) is 36.4 Å². The third-order valence-electron chi connectivity index (χ3n) is 5.94. The number of benzene rings is 3. The molecule has 0 radical (unpaired) electrons. The average molecular weight is 428 g/mol. The molecule has 4 aromatic rings. The van der Waals surface area contributed by atoms with Gasteiger partial charge < -0.3 is 10.2 Å². The molecule has 1 fully saturated rings. The molecule has 156 valence electrons. The Labute approximate surface area is 186 Å². The molecular weight excluding hydrogens is 402 g/mol. The number of rotatable bonds is 4. The van der Waals surface area contributed by atoms with Crippen molar-refractivity contribution in [2.75, 3.05) is 23.3 Å². The summed E-state index contributed by atoms with van der Waals surface area (Å²) in [6.45, 7) is 3.83. The zero-order chi connectivity index (χ0) is 21.2. The van der Waals surface area contributed by atoms with Crippen LogP contribution < -0.4 is 10.2 Å². The van der Waals surface area contributed by atoms with Crippen LogP contribution in [-0.2, 0) is 4.79 Å². The molecule has 1 amide bonds. The molecule has 4 nitrogen and oxygen atoms in total. The standard InChI is InChI=1S/C26H25N3OS/c1-18-11-12-23-24(17-18)31-26(28-23)29-15-13-20(14-16-29)25(30)27-22-10-6-5-9-21(22)19-7-3-2-4-8-19/h2-12,17,20H,13-16H2,1H3,(H,27,30). The van der Waals surface area contributed by atoms with E-state index in [1.165, 1.54) is 10.3 Å². The number of carbonyl (C=O) groups excluding carboxylic acids is 1. The van der Waals surface area contributed by atoms with Gasteiger partial charge in [-0.15, -0.1) is 0 Å². The first-order valence-corrected chi connectivity index (χ1v) is 11.6. The predicted molar refractivity (Wildman–Crippen MR) is 130 cm³/mol. The van der Waals surface area contributed by atoms with E-state index in [-0.39, 0.29) is 11.8 Å². The molecule has 0 atom stereocenters. The van der Waals surface area contributed by atoms with Gasteiger partial charge in [-0.3, -0.25) is 4.79 Å². The molecule has 1 aromatic heterocycles. The van der Waals surface area contributed by atoms with Gasteiger partial charge >= 0.3 is 0 Å². The third kappa shape index (κ3) is 4.19. The van der Waals surface area contributed by atoms with E-state index in [0.717, 1.165) is 53.4 Å². The highest BCUT2D eigenvalue weighted by molar-refractivity contribution is 7.22. The Balaban J connectivity index is 1.25. The first kappa shape index (κ1) is 19.8. The van der Waals surface area contributed by atoms with Crippen LogP contribution in [0.2, 0.25) is 0 Å². The largest absolute Gasteiger partial charge is 0.348 e. The molecular formula is C26H25N3OS. The molecule has 0 saturated carbocycles. The molecule has 0 aliphatic carbocycles. The number of thiazole rings is 1. The number of fused-ring (bicyclic) bond motifs is 1. The number of para-hydroxylation sites is 1. The van der Waals surface area contributed by atoms with Gasteiger partial charge in [0.05, 0.1) is 10.2 Å². The highest BCUT2D eigenvalue weighted by Crippen LogP contribution is 2.33. The number of amides is 1. The second kappa shape index (κ2) is 8.52. The minimum Gasteiger partial charge on any atom is -0.348 e. The van der Waals surface area contributed by atoms with Crippen molar-refractivity contribution >= 4 is 38.3 Å². The average Bonchev–Trinajstić information content (AvgIpc) is 3.23. The summed E-state index contributed by atoms with van der Waals surface area (Å²) in [5.74, 6) is 0.139. The second-order valence-corrected chi connectivity index (χ2v) is 9.14. The monoisotopic (exact) mass is 427 g/mol. The molecule has 1 aliphatic rings. The molecule has 2 heterocycles. The van der Waals surface area contributed by atoms with Gasteiger partial charge in [0.2, 0.25) is 5.91 Å². The van der Waals surface area contributed by atoms with Gasteiger partial charge in [0, 0.05) is 30.3 Å². The van der Waals surface area contributed by atoms with Gasteiger partial charge in [-0.25, -0.2) is 4.98 Å².